The molecule has 1 heterocycles. The summed E-state index contributed by atoms with van der Waals surface area (Å²) in [5.74, 6) is -0.843. The van der Waals surface area contributed by atoms with Crippen LogP contribution in [0, 0.1) is 21.4 Å². The van der Waals surface area contributed by atoms with Gasteiger partial charge >= 0.3 is 12.2 Å². The van der Waals surface area contributed by atoms with Crippen molar-refractivity contribution >= 4 is 5.82 Å². The fraction of sp³-hybridized carbons (Fsp3) is 0.250. The van der Waals surface area contributed by atoms with E-state index in [-0.39, 0.29) is 11.1 Å². The zero-order valence-corrected chi connectivity index (χ0v) is 7.72. The maximum atomic E-state index is 12.5. The third-order valence-corrected chi connectivity index (χ3v) is 1.82. The molecule has 0 aliphatic heterocycles. The quantitative estimate of drug-likeness (QED) is 0.621. The Labute approximate surface area is 87.9 Å². The minimum absolute atomic E-state index is 0.375. The van der Waals surface area contributed by atoms with Gasteiger partial charge in [0.1, 0.15) is 0 Å². The second-order valence-electron chi connectivity index (χ2n) is 2.72. The van der Waals surface area contributed by atoms with Gasteiger partial charge in [-0.05, 0) is 9.91 Å². The molecule has 0 saturated carbocycles. The van der Waals surface area contributed by atoms with Crippen molar-refractivity contribution in [3.05, 3.63) is 33.0 Å². The molecule has 0 radical (unpaired) electrons. The number of aliphatic hydroxyl groups excluding tert-OH is 1. The van der Waals surface area contributed by atoms with E-state index in [4.69, 9.17) is 10.4 Å². The van der Waals surface area contributed by atoms with Gasteiger partial charge in [0.2, 0.25) is 5.69 Å². The highest BCUT2D eigenvalue weighted by atomic mass is 19.3. The SMILES string of the molecule is N#Cc1cc([N+](=O)[O-])nc(C(F)F)c1CO. The Kier molecular flexibility index (Phi) is 3.42. The van der Waals surface area contributed by atoms with Gasteiger partial charge in [0.05, 0.1) is 24.3 Å². The number of aromatic nitrogens is 1. The molecule has 0 saturated heterocycles. The summed E-state index contributed by atoms with van der Waals surface area (Å²) >= 11 is 0. The summed E-state index contributed by atoms with van der Waals surface area (Å²) in [6, 6.07) is 2.25. The van der Waals surface area contributed by atoms with Gasteiger partial charge in [-0.3, -0.25) is 0 Å². The van der Waals surface area contributed by atoms with Crippen LogP contribution in [0.4, 0.5) is 14.6 Å². The second kappa shape index (κ2) is 4.59. The van der Waals surface area contributed by atoms with Crippen LogP contribution in [0.2, 0.25) is 0 Å². The molecule has 0 spiro atoms. The van der Waals surface area contributed by atoms with E-state index in [1.807, 2.05) is 0 Å². The van der Waals surface area contributed by atoms with E-state index in [2.05, 4.69) is 4.98 Å². The average molecular weight is 229 g/mol. The Morgan fingerprint density at radius 2 is 2.31 bits per heavy atom. The molecule has 0 fully saturated rings. The molecule has 0 unspecified atom stereocenters. The highest BCUT2D eigenvalue weighted by Crippen LogP contribution is 2.26. The molecular formula is C8H5F2N3O3. The molecule has 0 aliphatic carbocycles. The van der Waals surface area contributed by atoms with Gasteiger partial charge in [0.15, 0.2) is 0 Å². The van der Waals surface area contributed by atoms with Crippen molar-refractivity contribution < 1.29 is 18.8 Å². The van der Waals surface area contributed by atoms with Crippen molar-refractivity contribution in [1.82, 2.24) is 4.98 Å². The van der Waals surface area contributed by atoms with Crippen LogP contribution in [0.5, 0.6) is 0 Å². The van der Waals surface area contributed by atoms with Crippen LogP contribution in [0.3, 0.4) is 0 Å². The molecule has 1 rings (SSSR count). The fourth-order valence-corrected chi connectivity index (χ4v) is 1.12. The highest BCUT2D eigenvalue weighted by molar-refractivity contribution is 5.45. The van der Waals surface area contributed by atoms with Crippen LogP contribution < -0.4 is 0 Å². The van der Waals surface area contributed by atoms with E-state index in [0.717, 1.165) is 6.07 Å². The number of rotatable bonds is 3. The summed E-state index contributed by atoms with van der Waals surface area (Å²) in [5.41, 5.74) is -1.70. The molecular weight excluding hydrogens is 224 g/mol. The van der Waals surface area contributed by atoms with E-state index in [0.29, 0.717) is 0 Å². The fourth-order valence-electron chi connectivity index (χ4n) is 1.12. The molecule has 0 aliphatic rings. The first-order valence-electron chi connectivity index (χ1n) is 3.98. The largest absolute Gasteiger partial charge is 0.391 e. The first-order chi connectivity index (χ1) is 7.51. The van der Waals surface area contributed by atoms with Crippen LogP contribution in [0.1, 0.15) is 23.2 Å². The van der Waals surface area contributed by atoms with Crippen molar-refractivity contribution in [3.63, 3.8) is 0 Å². The molecule has 0 atom stereocenters. The lowest BCUT2D eigenvalue weighted by atomic mass is 10.1. The van der Waals surface area contributed by atoms with Crippen LogP contribution >= 0.6 is 0 Å². The second-order valence-corrected chi connectivity index (χ2v) is 2.72. The van der Waals surface area contributed by atoms with Gasteiger partial charge in [-0.2, -0.15) is 5.26 Å². The summed E-state index contributed by atoms with van der Waals surface area (Å²) in [6.45, 7) is -0.826. The van der Waals surface area contributed by atoms with Crippen molar-refractivity contribution in [2.24, 2.45) is 0 Å². The Morgan fingerprint density at radius 1 is 1.69 bits per heavy atom. The summed E-state index contributed by atoms with van der Waals surface area (Å²) in [4.78, 5) is 12.5. The molecule has 16 heavy (non-hydrogen) atoms. The average Bonchev–Trinajstić information content (AvgIpc) is 2.26. The monoisotopic (exact) mass is 229 g/mol. The predicted molar refractivity (Wildman–Crippen MR) is 46.5 cm³/mol. The van der Waals surface area contributed by atoms with E-state index in [1.54, 1.807) is 0 Å². The summed E-state index contributed by atoms with van der Waals surface area (Å²) in [5, 5.41) is 27.8. The van der Waals surface area contributed by atoms with Gasteiger partial charge in [0, 0.05) is 5.56 Å². The van der Waals surface area contributed by atoms with Crippen LogP contribution in [-0.2, 0) is 6.61 Å². The van der Waals surface area contributed by atoms with Crippen LogP contribution in [0.15, 0.2) is 6.07 Å². The van der Waals surface area contributed by atoms with Crippen molar-refractivity contribution in [1.29, 1.82) is 5.26 Å². The zero-order valence-electron chi connectivity index (χ0n) is 7.72. The van der Waals surface area contributed by atoms with Crippen molar-refractivity contribution in [2.75, 3.05) is 0 Å². The molecule has 1 aromatic heterocycles. The Bertz CT molecular complexity index is 470. The minimum Gasteiger partial charge on any atom is -0.391 e. The number of halogens is 2. The van der Waals surface area contributed by atoms with Crippen molar-refractivity contribution in [2.45, 2.75) is 13.0 Å². The standard InChI is InChI=1S/C8H5F2N3O3/c9-8(10)7-5(3-14)4(2-11)1-6(12-7)13(15)16/h1,8,14H,3H2. The van der Waals surface area contributed by atoms with E-state index in [9.17, 15) is 18.9 Å². The number of hydrogen-bond acceptors (Lipinski definition) is 5. The molecule has 0 amide bonds. The highest BCUT2D eigenvalue weighted by Gasteiger charge is 2.26. The van der Waals surface area contributed by atoms with Gasteiger partial charge in [-0.25, -0.2) is 8.78 Å². The third kappa shape index (κ3) is 2.09. The number of nitriles is 1. The summed E-state index contributed by atoms with van der Waals surface area (Å²) in [7, 11) is 0. The molecule has 84 valence electrons. The number of alkyl halides is 2. The lowest BCUT2D eigenvalue weighted by Gasteiger charge is -2.03. The number of nitro groups is 1. The third-order valence-electron chi connectivity index (χ3n) is 1.82. The summed E-state index contributed by atoms with van der Waals surface area (Å²) in [6.07, 6.45) is -3.09. The lowest BCUT2D eigenvalue weighted by molar-refractivity contribution is -0.389. The van der Waals surface area contributed by atoms with Gasteiger partial charge in [-0.15, -0.1) is 0 Å². The topological polar surface area (TPSA) is 100 Å². The van der Waals surface area contributed by atoms with E-state index < -0.39 is 29.5 Å². The number of nitrogens with zero attached hydrogens (tertiary/aromatic N) is 3. The normalized spacial score (nSPS) is 10.2. The molecule has 1 N–H and O–H groups in total. The maximum Gasteiger partial charge on any atom is 0.365 e. The van der Waals surface area contributed by atoms with Crippen molar-refractivity contribution in [3.8, 4) is 6.07 Å². The van der Waals surface area contributed by atoms with Crippen LogP contribution in [-0.4, -0.2) is 15.0 Å². The molecule has 0 aromatic carbocycles. The minimum atomic E-state index is -3.09. The van der Waals surface area contributed by atoms with E-state index >= 15 is 0 Å². The first-order valence-corrected chi connectivity index (χ1v) is 3.98. The Hall–Kier alpha value is -2.14. The smallest absolute Gasteiger partial charge is 0.365 e. The number of hydrogen-bond donors (Lipinski definition) is 1. The zero-order chi connectivity index (χ0) is 12.3. The van der Waals surface area contributed by atoms with Crippen LogP contribution in [0.25, 0.3) is 0 Å². The Balaban J connectivity index is 3.51. The van der Waals surface area contributed by atoms with E-state index in [1.165, 1.54) is 6.07 Å². The molecule has 1 aromatic rings. The van der Waals surface area contributed by atoms with Gasteiger partial charge in [-0.1, -0.05) is 0 Å². The van der Waals surface area contributed by atoms with Gasteiger partial charge in [0.25, 0.3) is 0 Å². The summed E-state index contributed by atoms with van der Waals surface area (Å²) < 4.78 is 24.9. The molecule has 0 bridgehead atoms. The first kappa shape index (κ1) is 11.9. The molecule has 8 heteroatoms. The lowest BCUT2D eigenvalue weighted by Crippen LogP contribution is -2.05. The number of aliphatic hydroxyl groups is 1. The van der Waals surface area contributed by atoms with Gasteiger partial charge < -0.3 is 15.2 Å². The maximum absolute atomic E-state index is 12.5. The molecule has 6 nitrogen and oxygen atoms in total. The predicted octanol–water partition coefficient (Wildman–Crippen LogP) is 1.29. The Morgan fingerprint density at radius 3 is 2.69 bits per heavy atom. The number of pyridine rings is 1.